The van der Waals surface area contributed by atoms with E-state index in [1.54, 1.807) is 0 Å². The highest BCUT2D eigenvalue weighted by Crippen LogP contribution is 2.23. The van der Waals surface area contributed by atoms with Gasteiger partial charge < -0.3 is 15.9 Å². The van der Waals surface area contributed by atoms with Crippen molar-refractivity contribution < 1.29 is 27.4 Å². The molecule has 0 spiro atoms. The van der Waals surface area contributed by atoms with Gasteiger partial charge in [0, 0.05) is 11.5 Å². The van der Waals surface area contributed by atoms with E-state index in [4.69, 9.17) is 21.5 Å². The Kier molecular flexibility index (Phi) is 5.21. The van der Waals surface area contributed by atoms with Crippen LogP contribution in [0.1, 0.15) is 12.7 Å². The zero-order chi connectivity index (χ0) is 18.8. The highest BCUT2D eigenvalue weighted by atomic mass is 32.2. The van der Waals surface area contributed by atoms with Gasteiger partial charge in [0.25, 0.3) is 11.8 Å². The van der Waals surface area contributed by atoms with Crippen LogP contribution in [0.15, 0.2) is 5.16 Å². The molecule has 134 valence electrons. The molecular formula is C11H12N6O6S2. The van der Waals surface area contributed by atoms with Gasteiger partial charge in [-0.25, -0.2) is 4.31 Å². The summed E-state index contributed by atoms with van der Waals surface area (Å²) in [6.45, 7) is 1.09. The van der Waals surface area contributed by atoms with Crippen molar-refractivity contribution >= 4 is 44.5 Å². The SMILES string of the molecule is C#CCO/N=C(\C(=O)N[C@@H]1C(=O)N(S(=O)(=O)O)[C@H]1C)c1nsc(N)n1. The Hall–Kier alpha value is -2.76. The van der Waals surface area contributed by atoms with Gasteiger partial charge in [-0.2, -0.15) is 17.8 Å². The number of nitrogens with one attached hydrogen (secondary N) is 1. The second-order valence-corrected chi connectivity index (χ2v) is 6.75. The monoisotopic (exact) mass is 388 g/mol. The number of rotatable bonds is 6. The quantitative estimate of drug-likeness (QED) is 0.124. The van der Waals surface area contributed by atoms with Crippen molar-refractivity contribution in [3.8, 4) is 12.3 Å². The second-order valence-electron chi connectivity index (χ2n) is 4.68. The molecule has 0 radical (unpaired) electrons. The number of carbonyl (C=O) groups is 2. The highest BCUT2D eigenvalue weighted by molar-refractivity contribution is 7.84. The molecule has 1 aliphatic heterocycles. The van der Waals surface area contributed by atoms with E-state index in [1.807, 2.05) is 0 Å². The third-order valence-corrected chi connectivity index (χ3v) is 4.60. The van der Waals surface area contributed by atoms with Crippen molar-refractivity contribution in [3.63, 3.8) is 0 Å². The van der Waals surface area contributed by atoms with Crippen molar-refractivity contribution in [1.82, 2.24) is 19.0 Å². The molecule has 0 saturated carbocycles. The van der Waals surface area contributed by atoms with Crippen LogP contribution in [0.3, 0.4) is 0 Å². The smallest absolute Gasteiger partial charge is 0.362 e. The summed E-state index contributed by atoms with van der Waals surface area (Å²) in [4.78, 5) is 32.6. The average molecular weight is 388 g/mol. The molecule has 12 nitrogen and oxygen atoms in total. The first-order valence-corrected chi connectivity index (χ1v) is 8.68. The Balaban J connectivity index is 2.17. The molecule has 4 N–H and O–H groups in total. The number of amides is 2. The lowest BCUT2D eigenvalue weighted by Gasteiger charge is -2.42. The molecule has 2 amide bonds. The van der Waals surface area contributed by atoms with Crippen LogP contribution in [-0.4, -0.2) is 62.8 Å². The zero-order valence-corrected chi connectivity index (χ0v) is 14.2. The molecular weight excluding hydrogens is 376 g/mol. The molecule has 25 heavy (non-hydrogen) atoms. The van der Waals surface area contributed by atoms with Crippen LogP contribution in [-0.2, 0) is 24.7 Å². The summed E-state index contributed by atoms with van der Waals surface area (Å²) in [6, 6.07) is -2.18. The Bertz CT molecular complexity index is 872. The fraction of sp³-hybridized carbons (Fsp3) is 0.364. The minimum atomic E-state index is -4.70. The summed E-state index contributed by atoms with van der Waals surface area (Å²) in [5, 5.41) is 5.86. The summed E-state index contributed by atoms with van der Waals surface area (Å²) in [5.74, 6) is 0.0800. The van der Waals surface area contributed by atoms with Crippen molar-refractivity contribution in [2.24, 2.45) is 5.16 Å². The third-order valence-electron chi connectivity index (χ3n) is 3.04. The number of nitrogens with two attached hydrogens (primary N) is 1. The van der Waals surface area contributed by atoms with E-state index in [9.17, 15) is 18.0 Å². The van der Waals surface area contributed by atoms with Crippen LogP contribution < -0.4 is 11.1 Å². The van der Waals surface area contributed by atoms with Crippen molar-refractivity contribution in [3.05, 3.63) is 5.82 Å². The molecule has 14 heteroatoms. The molecule has 1 aromatic heterocycles. The summed E-state index contributed by atoms with van der Waals surface area (Å²) in [7, 11) is -4.70. The van der Waals surface area contributed by atoms with E-state index in [2.05, 4.69) is 25.8 Å². The van der Waals surface area contributed by atoms with E-state index < -0.39 is 39.9 Å². The summed E-state index contributed by atoms with van der Waals surface area (Å²) in [6.07, 6.45) is 5.01. The van der Waals surface area contributed by atoms with Crippen LogP contribution in [0.25, 0.3) is 0 Å². The number of carbonyl (C=O) groups excluding carboxylic acids is 2. The lowest BCUT2D eigenvalue weighted by molar-refractivity contribution is -0.143. The topological polar surface area (TPSA) is 177 Å². The maximum absolute atomic E-state index is 12.3. The first kappa shape index (κ1) is 18.6. The van der Waals surface area contributed by atoms with E-state index in [0.717, 1.165) is 11.5 Å². The lowest BCUT2D eigenvalue weighted by Crippen LogP contribution is -2.71. The van der Waals surface area contributed by atoms with Crippen molar-refractivity contribution in [2.45, 2.75) is 19.0 Å². The average Bonchev–Trinajstić information content (AvgIpc) is 2.94. The Morgan fingerprint density at radius 1 is 1.64 bits per heavy atom. The normalized spacial score (nSPS) is 20.6. The molecule has 0 bridgehead atoms. The van der Waals surface area contributed by atoms with Gasteiger partial charge in [-0.05, 0) is 6.92 Å². The van der Waals surface area contributed by atoms with Gasteiger partial charge in [0.1, 0.15) is 6.04 Å². The molecule has 2 atom stereocenters. The molecule has 0 aromatic carbocycles. The van der Waals surface area contributed by atoms with Crippen LogP contribution >= 0.6 is 11.5 Å². The summed E-state index contributed by atoms with van der Waals surface area (Å²) < 4.78 is 35.1. The Labute approximate surface area is 146 Å². The van der Waals surface area contributed by atoms with Gasteiger partial charge in [-0.1, -0.05) is 11.1 Å². The summed E-state index contributed by atoms with van der Waals surface area (Å²) in [5.41, 5.74) is 5.06. The van der Waals surface area contributed by atoms with Gasteiger partial charge in [0.05, 0.1) is 6.04 Å². The standard InChI is InChI=1S/C11H12N6O6S2/c1-3-4-23-15-7(8-14-11(12)24-16-8)9(18)13-6-5(2)17(10(6)19)25(20,21)22/h1,5-6H,4H2,2H3,(H,13,18)(H2,12,14,16)(H,20,21,22)/b15-7-/t5-,6-/m0/s1. The van der Waals surface area contributed by atoms with E-state index >= 15 is 0 Å². The van der Waals surface area contributed by atoms with E-state index in [-0.39, 0.29) is 21.9 Å². The number of terminal acetylenes is 1. The Morgan fingerprint density at radius 2 is 2.32 bits per heavy atom. The maximum Gasteiger partial charge on any atom is 0.362 e. The number of aromatic nitrogens is 2. The van der Waals surface area contributed by atoms with Gasteiger partial charge in [-0.15, -0.1) is 6.42 Å². The van der Waals surface area contributed by atoms with Crippen LogP contribution in [0.2, 0.25) is 0 Å². The number of hydrogen-bond acceptors (Lipinski definition) is 10. The minimum Gasteiger partial charge on any atom is -0.382 e. The number of β-lactam (4-membered cyclic amide) rings is 1. The molecule has 0 unspecified atom stereocenters. The number of anilines is 1. The highest BCUT2D eigenvalue weighted by Gasteiger charge is 2.51. The second kappa shape index (κ2) is 7.01. The third kappa shape index (κ3) is 3.84. The van der Waals surface area contributed by atoms with Gasteiger partial charge >= 0.3 is 10.3 Å². The first-order valence-electron chi connectivity index (χ1n) is 6.51. The fourth-order valence-electron chi connectivity index (χ4n) is 1.96. The molecule has 1 aliphatic rings. The van der Waals surface area contributed by atoms with Crippen LogP contribution in [0.5, 0.6) is 0 Å². The molecule has 2 rings (SSSR count). The fourth-order valence-corrected chi connectivity index (χ4v) is 3.28. The molecule has 1 saturated heterocycles. The molecule has 0 aliphatic carbocycles. The van der Waals surface area contributed by atoms with Gasteiger partial charge in [-0.3, -0.25) is 14.1 Å². The number of oxime groups is 1. The van der Waals surface area contributed by atoms with Crippen LogP contribution in [0, 0.1) is 12.3 Å². The first-order chi connectivity index (χ1) is 11.7. The molecule has 2 heterocycles. The van der Waals surface area contributed by atoms with E-state index in [0.29, 0.717) is 0 Å². The zero-order valence-electron chi connectivity index (χ0n) is 12.6. The van der Waals surface area contributed by atoms with Gasteiger partial charge in [0.2, 0.25) is 11.5 Å². The van der Waals surface area contributed by atoms with Crippen molar-refractivity contribution in [1.29, 1.82) is 0 Å². The van der Waals surface area contributed by atoms with E-state index in [1.165, 1.54) is 6.92 Å². The minimum absolute atomic E-state index is 0.0677. The summed E-state index contributed by atoms with van der Waals surface area (Å²) >= 11 is 0.805. The number of hydrogen-bond donors (Lipinski definition) is 3. The number of nitrogen functional groups attached to an aromatic ring is 1. The van der Waals surface area contributed by atoms with Crippen molar-refractivity contribution in [2.75, 3.05) is 12.3 Å². The molecule has 1 aromatic rings. The van der Waals surface area contributed by atoms with Crippen LogP contribution in [0.4, 0.5) is 5.13 Å². The predicted molar refractivity (Wildman–Crippen MR) is 85.4 cm³/mol. The lowest BCUT2D eigenvalue weighted by atomic mass is 10.0. The van der Waals surface area contributed by atoms with Gasteiger partial charge in [0.15, 0.2) is 11.7 Å². The predicted octanol–water partition coefficient (Wildman–Crippen LogP) is -2.01. The number of nitrogens with zero attached hydrogens (tertiary/aromatic N) is 4. The largest absolute Gasteiger partial charge is 0.382 e. The maximum atomic E-state index is 12.3. The Morgan fingerprint density at radius 3 is 2.80 bits per heavy atom. The molecule has 1 fully saturated rings.